The average Bonchev–Trinajstić information content (AvgIpc) is 3.32. The molecule has 2 aliphatic rings. The van der Waals surface area contributed by atoms with Crippen molar-refractivity contribution in [2.24, 2.45) is 11.8 Å². The van der Waals surface area contributed by atoms with E-state index in [-0.39, 0.29) is 22.5 Å². The summed E-state index contributed by atoms with van der Waals surface area (Å²) in [5.74, 6) is 4.44. The minimum absolute atomic E-state index is 0.000294. The lowest BCUT2D eigenvalue weighted by atomic mass is 10.1. The number of rotatable bonds is 6. The molecule has 2 fully saturated rings. The summed E-state index contributed by atoms with van der Waals surface area (Å²) in [5.41, 5.74) is 2.41. The third-order valence-corrected chi connectivity index (χ3v) is 7.52. The number of nitrogens with zero attached hydrogens (tertiary/aromatic N) is 5. The standard InChI is InChI=1S/C19H28N8O4S/c1-12(2)18(29)26-8-6-25(7-9-26)14-10-13(32(30,31)24-19(3)4-5-19)11-27-15(14)22-23-16(27)17(28)21-20/h10-12,24H,4-9,20H2,1-3H3,(H,21,28). The van der Waals surface area contributed by atoms with Gasteiger partial charge in [-0.15, -0.1) is 10.2 Å². The molecule has 1 saturated heterocycles. The maximum absolute atomic E-state index is 13.1. The SMILES string of the molecule is CC(C)C(=O)N1CCN(c2cc(S(=O)(=O)NC3(C)CC3)cn3c(C(=O)NN)nnc23)CC1. The monoisotopic (exact) mass is 464 g/mol. The number of hydrogen-bond donors (Lipinski definition) is 3. The molecule has 0 aromatic carbocycles. The van der Waals surface area contributed by atoms with Gasteiger partial charge in [0.1, 0.15) is 4.90 Å². The lowest BCUT2D eigenvalue weighted by Crippen LogP contribution is -2.50. The first-order valence-electron chi connectivity index (χ1n) is 10.5. The number of hydrazine groups is 1. The van der Waals surface area contributed by atoms with Crippen molar-refractivity contribution in [1.82, 2.24) is 29.6 Å². The van der Waals surface area contributed by atoms with Gasteiger partial charge in [-0.05, 0) is 25.8 Å². The van der Waals surface area contributed by atoms with Crippen molar-refractivity contribution in [2.45, 2.75) is 44.0 Å². The number of amides is 2. The number of pyridine rings is 1. The lowest BCUT2D eigenvalue weighted by molar-refractivity contribution is -0.134. The Balaban J connectivity index is 1.74. The predicted octanol–water partition coefficient (Wildman–Crippen LogP) is -0.532. The summed E-state index contributed by atoms with van der Waals surface area (Å²) in [6.45, 7) is 7.56. The summed E-state index contributed by atoms with van der Waals surface area (Å²) in [4.78, 5) is 28.3. The zero-order valence-corrected chi connectivity index (χ0v) is 19.1. The molecule has 1 aliphatic carbocycles. The zero-order chi connectivity index (χ0) is 23.3. The number of fused-ring (bicyclic) bond motifs is 1. The summed E-state index contributed by atoms with van der Waals surface area (Å²) < 4.78 is 30.3. The Hall–Kier alpha value is -2.77. The minimum Gasteiger partial charge on any atom is -0.365 e. The third kappa shape index (κ3) is 4.14. The molecule has 1 aliphatic heterocycles. The highest BCUT2D eigenvalue weighted by atomic mass is 32.2. The first-order valence-corrected chi connectivity index (χ1v) is 12.0. The Bertz CT molecular complexity index is 1160. The summed E-state index contributed by atoms with van der Waals surface area (Å²) in [5, 5.41) is 8.03. The van der Waals surface area contributed by atoms with E-state index >= 15 is 0 Å². The van der Waals surface area contributed by atoms with Gasteiger partial charge in [0.2, 0.25) is 21.8 Å². The van der Waals surface area contributed by atoms with Crippen molar-refractivity contribution < 1.29 is 18.0 Å². The molecule has 3 heterocycles. The van der Waals surface area contributed by atoms with Gasteiger partial charge < -0.3 is 9.80 Å². The summed E-state index contributed by atoms with van der Waals surface area (Å²) in [6.07, 6.45) is 2.86. The summed E-state index contributed by atoms with van der Waals surface area (Å²) >= 11 is 0. The fourth-order valence-corrected chi connectivity index (χ4v) is 5.24. The molecule has 0 unspecified atom stereocenters. The number of aromatic nitrogens is 3. The van der Waals surface area contributed by atoms with Crippen LogP contribution in [0.1, 0.15) is 44.2 Å². The number of anilines is 1. The van der Waals surface area contributed by atoms with Crippen molar-refractivity contribution in [3.05, 3.63) is 18.1 Å². The molecule has 1 saturated carbocycles. The van der Waals surface area contributed by atoms with Crippen LogP contribution in [0.5, 0.6) is 0 Å². The second-order valence-electron chi connectivity index (χ2n) is 8.88. The fraction of sp³-hybridized carbons (Fsp3) is 0.579. The van der Waals surface area contributed by atoms with E-state index in [4.69, 9.17) is 5.84 Å². The molecule has 2 aromatic heterocycles. The van der Waals surface area contributed by atoms with Crippen molar-refractivity contribution in [3.63, 3.8) is 0 Å². The summed E-state index contributed by atoms with van der Waals surface area (Å²) in [6, 6.07) is 1.54. The number of nitrogen functional groups attached to an aromatic ring is 1. The molecule has 0 bridgehead atoms. The first kappa shape index (κ1) is 22.4. The minimum atomic E-state index is -3.85. The van der Waals surface area contributed by atoms with E-state index in [1.165, 1.54) is 10.6 Å². The van der Waals surface area contributed by atoms with Gasteiger partial charge >= 0.3 is 5.91 Å². The molecule has 0 radical (unpaired) electrons. The van der Waals surface area contributed by atoms with Crippen LogP contribution < -0.4 is 20.9 Å². The van der Waals surface area contributed by atoms with Crippen LogP contribution in [0.3, 0.4) is 0 Å². The van der Waals surface area contributed by atoms with E-state index in [0.29, 0.717) is 37.5 Å². The molecular formula is C19H28N8O4S. The molecule has 0 atom stereocenters. The van der Waals surface area contributed by atoms with Gasteiger partial charge in [0, 0.05) is 43.8 Å². The van der Waals surface area contributed by atoms with Crippen molar-refractivity contribution >= 4 is 33.2 Å². The number of sulfonamides is 1. The highest BCUT2D eigenvalue weighted by Gasteiger charge is 2.41. The Labute approximate surface area is 186 Å². The Kier molecular flexibility index (Phi) is 5.59. The molecule has 0 spiro atoms. The third-order valence-electron chi connectivity index (χ3n) is 5.91. The molecule has 4 rings (SSSR count). The van der Waals surface area contributed by atoms with E-state index in [0.717, 1.165) is 12.8 Å². The van der Waals surface area contributed by atoms with Crippen LogP contribution in [0, 0.1) is 5.92 Å². The largest absolute Gasteiger partial charge is 0.365 e. The first-order chi connectivity index (χ1) is 15.0. The molecule has 2 amide bonds. The predicted molar refractivity (Wildman–Crippen MR) is 116 cm³/mol. The van der Waals surface area contributed by atoms with E-state index in [1.807, 2.05) is 31.1 Å². The van der Waals surface area contributed by atoms with Gasteiger partial charge in [-0.2, -0.15) is 0 Å². The fourth-order valence-electron chi connectivity index (χ4n) is 3.76. The Morgan fingerprint density at radius 1 is 1.16 bits per heavy atom. The average molecular weight is 465 g/mol. The normalized spacial score (nSPS) is 18.3. The zero-order valence-electron chi connectivity index (χ0n) is 18.3. The van der Waals surface area contributed by atoms with Crippen LogP contribution in [-0.4, -0.2) is 71.4 Å². The van der Waals surface area contributed by atoms with Crippen LogP contribution in [-0.2, 0) is 14.8 Å². The quantitative estimate of drug-likeness (QED) is 0.293. The van der Waals surface area contributed by atoms with Crippen LogP contribution in [0.2, 0.25) is 0 Å². The van der Waals surface area contributed by atoms with Gasteiger partial charge in [-0.3, -0.25) is 19.4 Å². The molecule has 2 aromatic rings. The number of carbonyl (C=O) groups is 2. The van der Waals surface area contributed by atoms with E-state index < -0.39 is 21.5 Å². The van der Waals surface area contributed by atoms with Gasteiger partial charge in [0.25, 0.3) is 0 Å². The molecular weight excluding hydrogens is 436 g/mol. The van der Waals surface area contributed by atoms with Gasteiger partial charge in [-0.25, -0.2) is 19.0 Å². The Morgan fingerprint density at radius 3 is 2.38 bits per heavy atom. The van der Waals surface area contributed by atoms with Crippen molar-refractivity contribution in [3.8, 4) is 0 Å². The molecule has 174 valence electrons. The highest BCUT2D eigenvalue weighted by Crippen LogP contribution is 2.36. The number of nitrogens with one attached hydrogen (secondary N) is 2. The highest BCUT2D eigenvalue weighted by molar-refractivity contribution is 7.89. The van der Waals surface area contributed by atoms with Crippen LogP contribution in [0.15, 0.2) is 17.2 Å². The van der Waals surface area contributed by atoms with Crippen LogP contribution >= 0.6 is 0 Å². The maximum Gasteiger partial charge on any atom is 0.303 e. The van der Waals surface area contributed by atoms with Crippen LogP contribution in [0.4, 0.5) is 5.69 Å². The van der Waals surface area contributed by atoms with E-state index in [1.54, 1.807) is 11.0 Å². The number of hydrogen-bond acceptors (Lipinski definition) is 8. The van der Waals surface area contributed by atoms with Crippen LogP contribution in [0.25, 0.3) is 5.65 Å². The second-order valence-corrected chi connectivity index (χ2v) is 10.6. The lowest BCUT2D eigenvalue weighted by Gasteiger charge is -2.37. The van der Waals surface area contributed by atoms with E-state index in [2.05, 4.69) is 14.9 Å². The molecule has 32 heavy (non-hydrogen) atoms. The van der Waals surface area contributed by atoms with E-state index in [9.17, 15) is 18.0 Å². The second kappa shape index (κ2) is 7.98. The molecule has 4 N–H and O–H groups in total. The molecule has 13 heteroatoms. The number of carbonyl (C=O) groups excluding carboxylic acids is 2. The van der Waals surface area contributed by atoms with Gasteiger partial charge in [-0.1, -0.05) is 13.8 Å². The van der Waals surface area contributed by atoms with Gasteiger partial charge in [0.05, 0.1) is 5.69 Å². The van der Waals surface area contributed by atoms with Crippen molar-refractivity contribution in [1.29, 1.82) is 0 Å². The molecule has 12 nitrogen and oxygen atoms in total. The van der Waals surface area contributed by atoms with Gasteiger partial charge in [0.15, 0.2) is 5.65 Å². The smallest absolute Gasteiger partial charge is 0.303 e. The number of nitrogens with two attached hydrogens (primary N) is 1. The number of piperazine rings is 1. The Morgan fingerprint density at radius 2 is 1.81 bits per heavy atom. The summed E-state index contributed by atoms with van der Waals surface area (Å²) in [7, 11) is -3.85. The topological polar surface area (TPSA) is 155 Å². The van der Waals surface area contributed by atoms with Crippen molar-refractivity contribution in [2.75, 3.05) is 31.1 Å². The maximum atomic E-state index is 13.1.